The number of hydrazine groups is 1. The maximum Gasteiger partial charge on any atom is 0.245 e. The van der Waals surface area contributed by atoms with E-state index in [0.29, 0.717) is 25.9 Å². The summed E-state index contributed by atoms with van der Waals surface area (Å²) in [6.45, 7) is 3.95. The average molecular weight is 370 g/mol. The molecule has 1 saturated heterocycles. The molecule has 7 heteroatoms. The molecule has 0 atom stereocenters. The highest BCUT2D eigenvalue weighted by atomic mass is 16.2. The van der Waals surface area contributed by atoms with Gasteiger partial charge < -0.3 is 10.2 Å². The van der Waals surface area contributed by atoms with Gasteiger partial charge in [-0.3, -0.25) is 19.8 Å². The lowest BCUT2D eigenvalue weighted by Crippen LogP contribution is -2.49. The molecule has 27 heavy (non-hydrogen) atoms. The Labute approximate surface area is 159 Å². The number of nitrogens with one attached hydrogen (secondary N) is 2. The van der Waals surface area contributed by atoms with Crippen LogP contribution < -0.4 is 10.7 Å². The van der Waals surface area contributed by atoms with E-state index >= 15 is 0 Å². The molecule has 3 amide bonds. The van der Waals surface area contributed by atoms with Gasteiger partial charge in [-0.05, 0) is 31.4 Å². The van der Waals surface area contributed by atoms with Gasteiger partial charge in [-0.25, -0.2) is 5.01 Å². The van der Waals surface area contributed by atoms with Crippen LogP contribution in [-0.2, 0) is 14.4 Å². The minimum absolute atomic E-state index is 0.0370. The molecule has 2 aliphatic heterocycles. The Hall–Kier alpha value is -2.83. The highest BCUT2D eigenvalue weighted by Crippen LogP contribution is 2.17. The number of carbonyl (C=O) groups is 3. The first-order valence-corrected chi connectivity index (χ1v) is 9.41. The second-order valence-electron chi connectivity index (χ2n) is 6.97. The Kier molecular flexibility index (Phi) is 6.11. The predicted molar refractivity (Wildman–Crippen MR) is 102 cm³/mol. The summed E-state index contributed by atoms with van der Waals surface area (Å²) < 4.78 is 0. The van der Waals surface area contributed by atoms with Crippen LogP contribution in [0.3, 0.4) is 0 Å². The van der Waals surface area contributed by atoms with Gasteiger partial charge in [0.05, 0.1) is 5.70 Å². The Balaban J connectivity index is 1.44. The minimum atomic E-state index is -0.214. The Morgan fingerprint density at radius 1 is 1.19 bits per heavy atom. The highest BCUT2D eigenvalue weighted by Gasteiger charge is 2.22. The lowest BCUT2D eigenvalue weighted by Gasteiger charge is -2.29. The van der Waals surface area contributed by atoms with Crippen molar-refractivity contribution < 1.29 is 14.4 Å². The van der Waals surface area contributed by atoms with E-state index in [-0.39, 0.29) is 30.7 Å². The predicted octanol–water partition coefficient (Wildman–Crippen LogP) is 1.20. The molecule has 144 valence electrons. The standard InChI is InChI=1S/C20H26N4O3/c1-15-5-7-16(8-6-15)17-9-10-20(27)24(22-17)14-18(25)21-11-3-13-23-12-2-4-19(23)26/h5-9,22H,2-4,10-14H2,1H3,(H,21,25). The average Bonchev–Trinajstić information content (AvgIpc) is 3.06. The lowest BCUT2D eigenvalue weighted by atomic mass is 10.1. The van der Waals surface area contributed by atoms with Gasteiger partial charge in [0.2, 0.25) is 17.7 Å². The number of benzene rings is 1. The van der Waals surface area contributed by atoms with Crippen LogP contribution in [0.5, 0.6) is 0 Å². The first-order chi connectivity index (χ1) is 13.0. The second kappa shape index (κ2) is 8.70. The van der Waals surface area contributed by atoms with Crippen LogP contribution in [0, 0.1) is 6.92 Å². The summed E-state index contributed by atoms with van der Waals surface area (Å²) in [5.74, 6) is -0.155. The van der Waals surface area contributed by atoms with Crippen molar-refractivity contribution in [2.75, 3.05) is 26.2 Å². The van der Waals surface area contributed by atoms with Gasteiger partial charge >= 0.3 is 0 Å². The van der Waals surface area contributed by atoms with Crippen molar-refractivity contribution in [2.24, 2.45) is 0 Å². The van der Waals surface area contributed by atoms with Crippen LogP contribution in [-0.4, -0.2) is 53.8 Å². The van der Waals surface area contributed by atoms with E-state index in [1.54, 1.807) is 0 Å². The molecule has 2 aliphatic rings. The molecule has 1 aromatic rings. The molecule has 0 unspecified atom stereocenters. The molecule has 1 aromatic carbocycles. The van der Waals surface area contributed by atoms with Gasteiger partial charge in [-0.2, -0.15) is 0 Å². The van der Waals surface area contributed by atoms with Gasteiger partial charge in [-0.1, -0.05) is 29.8 Å². The van der Waals surface area contributed by atoms with Crippen LogP contribution in [0.15, 0.2) is 30.3 Å². The minimum Gasteiger partial charge on any atom is -0.354 e. The topological polar surface area (TPSA) is 81.8 Å². The Morgan fingerprint density at radius 2 is 1.96 bits per heavy atom. The van der Waals surface area contributed by atoms with Crippen molar-refractivity contribution in [3.8, 4) is 0 Å². The molecule has 0 aliphatic carbocycles. The number of amides is 3. The quantitative estimate of drug-likeness (QED) is 0.707. The summed E-state index contributed by atoms with van der Waals surface area (Å²) in [7, 11) is 0. The summed E-state index contributed by atoms with van der Waals surface area (Å²) in [5.41, 5.74) is 6.02. The van der Waals surface area contributed by atoms with Crippen molar-refractivity contribution in [3.63, 3.8) is 0 Å². The Bertz CT molecular complexity index is 742. The van der Waals surface area contributed by atoms with E-state index in [1.165, 1.54) is 5.01 Å². The van der Waals surface area contributed by atoms with E-state index in [9.17, 15) is 14.4 Å². The second-order valence-corrected chi connectivity index (χ2v) is 6.97. The largest absolute Gasteiger partial charge is 0.354 e. The fraction of sp³-hybridized carbons (Fsp3) is 0.450. The number of aryl methyl sites for hydroxylation is 1. The summed E-state index contributed by atoms with van der Waals surface area (Å²) in [5, 5.41) is 4.18. The zero-order valence-electron chi connectivity index (χ0n) is 15.7. The smallest absolute Gasteiger partial charge is 0.245 e. The fourth-order valence-electron chi connectivity index (χ4n) is 3.23. The molecule has 1 fully saturated rings. The van der Waals surface area contributed by atoms with Crippen molar-refractivity contribution in [2.45, 2.75) is 32.6 Å². The van der Waals surface area contributed by atoms with E-state index in [4.69, 9.17) is 0 Å². The molecular formula is C20H26N4O3. The molecule has 0 spiro atoms. The van der Waals surface area contributed by atoms with E-state index in [2.05, 4.69) is 10.7 Å². The third-order valence-corrected chi connectivity index (χ3v) is 4.80. The van der Waals surface area contributed by atoms with Gasteiger partial charge in [0.25, 0.3) is 0 Å². The van der Waals surface area contributed by atoms with Crippen LogP contribution in [0.25, 0.3) is 5.70 Å². The molecule has 0 radical (unpaired) electrons. The molecule has 0 saturated carbocycles. The van der Waals surface area contributed by atoms with Gasteiger partial charge in [0, 0.05) is 32.5 Å². The zero-order valence-corrected chi connectivity index (χ0v) is 15.7. The number of hydrogen-bond acceptors (Lipinski definition) is 4. The van der Waals surface area contributed by atoms with Crippen LogP contribution in [0.2, 0.25) is 0 Å². The summed E-state index contributed by atoms with van der Waals surface area (Å²) >= 11 is 0. The maximum atomic E-state index is 12.2. The van der Waals surface area contributed by atoms with Crippen molar-refractivity contribution in [3.05, 3.63) is 41.5 Å². The van der Waals surface area contributed by atoms with Crippen molar-refractivity contribution in [1.82, 2.24) is 20.7 Å². The van der Waals surface area contributed by atoms with Gasteiger partial charge in [0.1, 0.15) is 6.54 Å². The van der Waals surface area contributed by atoms with Gasteiger partial charge in [0.15, 0.2) is 0 Å². The number of hydrogen-bond donors (Lipinski definition) is 2. The number of carbonyl (C=O) groups excluding carboxylic acids is 3. The zero-order chi connectivity index (χ0) is 19.2. The molecule has 0 aromatic heterocycles. The first kappa shape index (κ1) is 18.9. The fourth-order valence-corrected chi connectivity index (χ4v) is 3.23. The van der Waals surface area contributed by atoms with E-state index in [0.717, 1.165) is 29.8 Å². The molecule has 2 N–H and O–H groups in total. The number of rotatable bonds is 7. The first-order valence-electron chi connectivity index (χ1n) is 9.41. The monoisotopic (exact) mass is 370 g/mol. The normalized spacial score (nSPS) is 17.0. The third kappa shape index (κ3) is 5.09. The highest BCUT2D eigenvalue weighted by molar-refractivity contribution is 5.88. The van der Waals surface area contributed by atoms with Crippen LogP contribution in [0.4, 0.5) is 0 Å². The maximum absolute atomic E-state index is 12.2. The number of likely N-dealkylation sites (tertiary alicyclic amines) is 1. The van der Waals surface area contributed by atoms with Crippen molar-refractivity contribution >= 4 is 23.4 Å². The third-order valence-electron chi connectivity index (χ3n) is 4.80. The van der Waals surface area contributed by atoms with Gasteiger partial charge in [-0.15, -0.1) is 0 Å². The van der Waals surface area contributed by atoms with Crippen LogP contribution >= 0.6 is 0 Å². The SMILES string of the molecule is Cc1ccc(C2=CCC(=O)N(CC(=O)NCCCN3CCCC3=O)N2)cc1. The molecule has 0 bridgehead atoms. The molecular weight excluding hydrogens is 344 g/mol. The Morgan fingerprint density at radius 3 is 2.67 bits per heavy atom. The van der Waals surface area contributed by atoms with Crippen molar-refractivity contribution in [1.29, 1.82) is 0 Å². The van der Waals surface area contributed by atoms with E-state index in [1.807, 2.05) is 42.2 Å². The van der Waals surface area contributed by atoms with E-state index < -0.39 is 0 Å². The summed E-state index contributed by atoms with van der Waals surface area (Å²) in [4.78, 5) is 37.6. The summed E-state index contributed by atoms with van der Waals surface area (Å²) in [6.07, 6.45) is 4.37. The molecule has 3 rings (SSSR count). The number of nitrogens with zero attached hydrogens (tertiary/aromatic N) is 2. The molecule has 2 heterocycles. The lowest BCUT2D eigenvalue weighted by molar-refractivity contribution is -0.137. The van der Waals surface area contributed by atoms with Crippen LogP contribution in [0.1, 0.15) is 36.8 Å². The molecule has 7 nitrogen and oxygen atoms in total. The summed E-state index contributed by atoms with van der Waals surface area (Å²) in [6, 6.07) is 8.00.